The standard InChI is InChI=1S/C23H12ClN5O/c1-30-14-5-6-15-17(9-14)20-16(7-8-18(24)27-20)22-21(15)28-23(29-22)19-12(10-25)3-2-4-13(19)11-26/h2-9,27H,1H3. The molecule has 0 amide bonds. The molecular weight excluding hydrogens is 398 g/mol. The van der Waals surface area contributed by atoms with E-state index in [1.807, 2.05) is 24.3 Å². The van der Waals surface area contributed by atoms with Gasteiger partial charge in [-0.25, -0.2) is 9.97 Å². The molecule has 0 atom stereocenters. The maximum atomic E-state index is 9.56. The molecule has 30 heavy (non-hydrogen) atoms. The molecule has 7 heteroatoms. The molecule has 5 rings (SSSR count). The number of nitrogens with zero attached hydrogens (tertiary/aromatic N) is 4. The van der Waals surface area contributed by atoms with Crippen LogP contribution >= 0.6 is 11.6 Å². The van der Waals surface area contributed by atoms with Crippen LogP contribution in [0.4, 0.5) is 0 Å². The highest BCUT2D eigenvalue weighted by Crippen LogP contribution is 2.37. The lowest BCUT2D eigenvalue weighted by atomic mass is 10.0. The quantitative estimate of drug-likeness (QED) is 0.313. The Labute approximate surface area is 175 Å². The van der Waals surface area contributed by atoms with E-state index in [0.29, 0.717) is 44.5 Å². The average Bonchev–Trinajstić information content (AvgIpc) is 3.23. The van der Waals surface area contributed by atoms with Crippen LogP contribution in [0.1, 0.15) is 11.1 Å². The minimum atomic E-state index is 0.346. The molecule has 0 bridgehead atoms. The molecule has 0 spiro atoms. The summed E-state index contributed by atoms with van der Waals surface area (Å²) in [5, 5.41) is 22.2. The van der Waals surface area contributed by atoms with Gasteiger partial charge in [-0.3, -0.25) is 0 Å². The number of ether oxygens (including phenoxy) is 1. The molecular formula is C23H12ClN5O. The predicted molar refractivity (Wildman–Crippen MR) is 115 cm³/mol. The van der Waals surface area contributed by atoms with Crippen LogP contribution < -0.4 is 4.74 Å². The molecule has 0 aliphatic heterocycles. The van der Waals surface area contributed by atoms with Crippen molar-refractivity contribution >= 4 is 44.3 Å². The molecule has 2 heterocycles. The number of hydrogen-bond donors (Lipinski definition) is 1. The van der Waals surface area contributed by atoms with Gasteiger partial charge < -0.3 is 9.72 Å². The monoisotopic (exact) mass is 409 g/mol. The SMILES string of the molecule is COc1ccc2c(c1)c1[nH]c(Cl)ccc1c1nc(-c3c(C#N)cccc3C#N)nc21. The van der Waals surface area contributed by atoms with E-state index in [4.69, 9.17) is 26.3 Å². The molecule has 2 aromatic heterocycles. The minimum absolute atomic E-state index is 0.346. The van der Waals surface area contributed by atoms with Gasteiger partial charge in [-0.2, -0.15) is 10.5 Å². The van der Waals surface area contributed by atoms with Crippen molar-refractivity contribution < 1.29 is 4.74 Å². The van der Waals surface area contributed by atoms with E-state index in [1.165, 1.54) is 0 Å². The Kier molecular flexibility index (Phi) is 4.03. The van der Waals surface area contributed by atoms with Crippen LogP contribution in [0.5, 0.6) is 5.75 Å². The first-order valence-corrected chi connectivity index (χ1v) is 9.41. The van der Waals surface area contributed by atoms with Gasteiger partial charge in [0.15, 0.2) is 5.82 Å². The first-order chi connectivity index (χ1) is 14.6. The van der Waals surface area contributed by atoms with Gasteiger partial charge in [0.1, 0.15) is 16.4 Å². The zero-order chi connectivity index (χ0) is 20.8. The summed E-state index contributed by atoms with van der Waals surface area (Å²) in [7, 11) is 1.61. The first kappa shape index (κ1) is 17.9. The number of benzene rings is 3. The van der Waals surface area contributed by atoms with Gasteiger partial charge in [-0.05, 0) is 42.5 Å². The van der Waals surface area contributed by atoms with Crippen molar-refractivity contribution in [1.82, 2.24) is 15.0 Å². The lowest BCUT2D eigenvalue weighted by molar-refractivity contribution is 0.415. The van der Waals surface area contributed by atoms with Gasteiger partial charge in [0.25, 0.3) is 0 Å². The number of H-pyrrole nitrogens is 1. The highest BCUT2D eigenvalue weighted by molar-refractivity contribution is 6.31. The number of aromatic amines is 1. The van der Waals surface area contributed by atoms with Crippen LogP contribution in [0.2, 0.25) is 5.15 Å². The molecule has 0 saturated carbocycles. The van der Waals surface area contributed by atoms with Crippen molar-refractivity contribution in [2.45, 2.75) is 0 Å². The highest BCUT2D eigenvalue weighted by atomic mass is 35.5. The van der Waals surface area contributed by atoms with E-state index in [0.717, 1.165) is 21.7 Å². The van der Waals surface area contributed by atoms with E-state index < -0.39 is 0 Å². The molecule has 1 N–H and O–H groups in total. The number of aromatic nitrogens is 3. The molecule has 142 valence electrons. The van der Waals surface area contributed by atoms with Gasteiger partial charge >= 0.3 is 0 Å². The van der Waals surface area contributed by atoms with E-state index in [1.54, 1.807) is 31.4 Å². The maximum Gasteiger partial charge on any atom is 0.163 e. The third-order valence-electron chi connectivity index (χ3n) is 5.11. The van der Waals surface area contributed by atoms with Gasteiger partial charge in [0.05, 0.1) is 47.0 Å². The Morgan fingerprint density at radius 3 is 2.23 bits per heavy atom. The molecule has 5 aromatic rings. The first-order valence-electron chi connectivity index (χ1n) is 9.04. The summed E-state index contributed by atoms with van der Waals surface area (Å²) in [5.41, 5.74) is 3.31. The van der Waals surface area contributed by atoms with Crippen molar-refractivity contribution in [2.75, 3.05) is 7.11 Å². The summed E-state index contributed by atoms with van der Waals surface area (Å²) in [4.78, 5) is 12.7. The largest absolute Gasteiger partial charge is 0.497 e. The number of methoxy groups -OCH3 is 1. The second-order valence-electron chi connectivity index (χ2n) is 6.70. The number of nitriles is 2. The topological polar surface area (TPSA) is 98.4 Å². The van der Waals surface area contributed by atoms with Crippen LogP contribution in [0.15, 0.2) is 48.5 Å². The Balaban J connectivity index is 1.96. The number of hydrogen-bond acceptors (Lipinski definition) is 5. The zero-order valence-electron chi connectivity index (χ0n) is 15.7. The van der Waals surface area contributed by atoms with Crippen molar-refractivity contribution in [2.24, 2.45) is 0 Å². The van der Waals surface area contributed by atoms with E-state index in [9.17, 15) is 10.5 Å². The Morgan fingerprint density at radius 2 is 1.57 bits per heavy atom. The second kappa shape index (κ2) is 6.73. The molecule has 3 aromatic carbocycles. The molecule has 0 unspecified atom stereocenters. The number of imidazole rings is 1. The molecule has 0 aliphatic rings. The highest BCUT2D eigenvalue weighted by Gasteiger charge is 2.20. The molecule has 0 aliphatic carbocycles. The smallest absolute Gasteiger partial charge is 0.163 e. The van der Waals surface area contributed by atoms with Gasteiger partial charge in [-0.1, -0.05) is 17.7 Å². The summed E-state index contributed by atoms with van der Waals surface area (Å²) < 4.78 is 5.39. The average molecular weight is 410 g/mol. The number of nitrogens with one attached hydrogen (secondary N) is 1. The van der Waals surface area contributed by atoms with Crippen molar-refractivity contribution in [1.29, 1.82) is 10.5 Å². The summed E-state index contributed by atoms with van der Waals surface area (Å²) in [6.07, 6.45) is 0. The van der Waals surface area contributed by atoms with Crippen molar-refractivity contribution in [3.63, 3.8) is 0 Å². The van der Waals surface area contributed by atoms with Crippen LogP contribution in [-0.2, 0) is 0 Å². The number of rotatable bonds is 2. The lowest BCUT2D eigenvalue weighted by Gasteiger charge is -2.08. The third kappa shape index (κ3) is 2.56. The van der Waals surface area contributed by atoms with E-state index >= 15 is 0 Å². The van der Waals surface area contributed by atoms with Crippen LogP contribution in [0, 0.1) is 22.7 Å². The summed E-state index contributed by atoms with van der Waals surface area (Å²) >= 11 is 6.23. The lowest BCUT2D eigenvalue weighted by Crippen LogP contribution is -1.91. The second-order valence-corrected chi connectivity index (χ2v) is 7.11. The molecule has 6 nitrogen and oxygen atoms in total. The Hall–Kier alpha value is -4.13. The van der Waals surface area contributed by atoms with E-state index in [-0.39, 0.29) is 0 Å². The van der Waals surface area contributed by atoms with Gasteiger partial charge in [0.2, 0.25) is 0 Å². The maximum absolute atomic E-state index is 9.56. The third-order valence-corrected chi connectivity index (χ3v) is 5.33. The minimum Gasteiger partial charge on any atom is -0.497 e. The fourth-order valence-corrected chi connectivity index (χ4v) is 3.91. The van der Waals surface area contributed by atoms with Crippen LogP contribution in [0.3, 0.4) is 0 Å². The fraction of sp³-hybridized carbons (Fsp3) is 0.0435. The van der Waals surface area contributed by atoms with Crippen molar-refractivity contribution in [3.8, 4) is 29.3 Å². The number of pyridine rings is 1. The summed E-state index contributed by atoms with van der Waals surface area (Å²) in [6.45, 7) is 0. The van der Waals surface area contributed by atoms with Gasteiger partial charge in [-0.15, -0.1) is 0 Å². The zero-order valence-corrected chi connectivity index (χ0v) is 16.4. The molecule has 0 radical (unpaired) electrons. The number of fused-ring (bicyclic) bond motifs is 6. The fourth-order valence-electron chi connectivity index (χ4n) is 3.75. The van der Waals surface area contributed by atoms with Crippen molar-refractivity contribution in [3.05, 3.63) is 64.8 Å². The number of halogens is 1. The summed E-state index contributed by atoms with van der Waals surface area (Å²) in [6, 6.07) is 18.6. The van der Waals surface area contributed by atoms with Crippen LogP contribution in [0.25, 0.3) is 44.1 Å². The van der Waals surface area contributed by atoms with Crippen LogP contribution in [-0.4, -0.2) is 22.1 Å². The normalized spacial score (nSPS) is 10.9. The summed E-state index contributed by atoms with van der Waals surface area (Å²) in [5.74, 6) is 1.05. The molecule has 0 fully saturated rings. The Morgan fingerprint density at radius 1 is 0.900 bits per heavy atom. The van der Waals surface area contributed by atoms with E-state index in [2.05, 4.69) is 17.1 Å². The predicted octanol–water partition coefficient (Wildman–Crippen LogP) is 5.34. The Bertz CT molecular complexity index is 1540. The van der Waals surface area contributed by atoms with Gasteiger partial charge in [0, 0.05) is 16.2 Å². The molecule has 0 saturated heterocycles.